The maximum absolute atomic E-state index is 12.1. The highest BCUT2D eigenvalue weighted by Gasteiger charge is 2.39. The molecule has 0 radical (unpaired) electrons. The van der Waals surface area contributed by atoms with Gasteiger partial charge in [0.15, 0.2) is 5.82 Å². The van der Waals surface area contributed by atoms with Gasteiger partial charge in [0.2, 0.25) is 11.1 Å². The summed E-state index contributed by atoms with van der Waals surface area (Å²) in [5.74, 6) is 2.60. The second-order valence-corrected chi connectivity index (χ2v) is 7.26. The molecule has 1 amide bonds. The topological polar surface area (TPSA) is 83.6 Å². The summed E-state index contributed by atoms with van der Waals surface area (Å²) in [7, 11) is 0. The van der Waals surface area contributed by atoms with Crippen LogP contribution >= 0.6 is 11.8 Å². The van der Waals surface area contributed by atoms with Gasteiger partial charge < -0.3 is 5.32 Å². The molecular formula is C16H19N5OS. The first-order valence-corrected chi connectivity index (χ1v) is 9.02. The number of carbonyl (C=O) groups excluding carboxylic acids is 1. The number of hydrogen-bond acceptors (Lipinski definition) is 5. The molecule has 2 N–H and O–H groups in total. The van der Waals surface area contributed by atoms with Crippen molar-refractivity contribution in [3.8, 4) is 11.5 Å². The number of nitrogens with one attached hydrogen (secondary N) is 2. The molecule has 2 aliphatic carbocycles. The molecule has 0 aromatic carbocycles. The number of pyridine rings is 1. The number of aromatic amines is 1. The smallest absolute Gasteiger partial charge is 0.230 e. The van der Waals surface area contributed by atoms with Crippen molar-refractivity contribution in [2.75, 3.05) is 5.75 Å². The predicted molar refractivity (Wildman–Crippen MR) is 87.7 cm³/mol. The van der Waals surface area contributed by atoms with E-state index >= 15 is 0 Å². The van der Waals surface area contributed by atoms with Crippen molar-refractivity contribution in [3.63, 3.8) is 0 Å². The van der Waals surface area contributed by atoms with Gasteiger partial charge in [0.1, 0.15) is 5.69 Å². The third-order valence-corrected chi connectivity index (χ3v) is 5.64. The van der Waals surface area contributed by atoms with Crippen molar-refractivity contribution in [2.24, 2.45) is 11.8 Å². The average Bonchev–Trinajstić information content (AvgIpc) is 3.30. The normalized spacial score (nSPS) is 25.7. The zero-order valence-electron chi connectivity index (χ0n) is 12.7. The first kappa shape index (κ1) is 14.7. The fraction of sp³-hybridized carbons (Fsp3) is 0.500. The lowest BCUT2D eigenvalue weighted by molar-refractivity contribution is -0.119. The third kappa shape index (κ3) is 3.24. The number of H-pyrrole nitrogens is 1. The van der Waals surface area contributed by atoms with Gasteiger partial charge in [0.05, 0.1) is 5.75 Å². The molecule has 0 saturated heterocycles. The molecule has 0 aliphatic heterocycles. The summed E-state index contributed by atoms with van der Waals surface area (Å²) in [6.45, 7) is 0. The Hall–Kier alpha value is -1.89. The van der Waals surface area contributed by atoms with Crippen LogP contribution in [0.4, 0.5) is 0 Å². The van der Waals surface area contributed by atoms with Crippen LogP contribution in [0.2, 0.25) is 0 Å². The number of rotatable bonds is 5. The summed E-state index contributed by atoms with van der Waals surface area (Å²) < 4.78 is 0. The van der Waals surface area contributed by atoms with Crippen LogP contribution in [0.1, 0.15) is 25.7 Å². The summed E-state index contributed by atoms with van der Waals surface area (Å²) in [6.07, 6.45) is 6.79. The van der Waals surface area contributed by atoms with Gasteiger partial charge in [-0.15, -0.1) is 5.10 Å². The number of fused-ring (bicyclic) bond motifs is 2. The van der Waals surface area contributed by atoms with Crippen molar-refractivity contribution in [3.05, 3.63) is 24.4 Å². The molecule has 2 bridgehead atoms. The molecule has 120 valence electrons. The van der Waals surface area contributed by atoms with Gasteiger partial charge >= 0.3 is 0 Å². The van der Waals surface area contributed by atoms with Crippen LogP contribution < -0.4 is 5.32 Å². The molecule has 2 aromatic heterocycles. The summed E-state index contributed by atoms with van der Waals surface area (Å²) >= 11 is 1.35. The number of aromatic nitrogens is 4. The molecule has 2 fully saturated rings. The molecule has 3 atom stereocenters. The molecule has 2 saturated carbocycles. The largest absolute Gasteiger partial charge is 0.352 e. The number of hydrogen-bond donors (Lipinski definition) is 2. The van der Waals surface area contributed by atoms with Crippen molar-refractivity contribution in [2.45, 2.75) is 36.9 Å². The van der Waals surface area contributed by atoms with Crippen molar-refractivity contribution < 1.29 is 4.79 Å². The van der Waals surface area contributed by atoms with Gasteiger partial charge in [-0.05, 0) is 43.2 Å². The molecule has 23 heavy (non-hydrogen) atoms. The maximum Gasteiger partial charge on any atom is 0.230 e. The quantitative estimate of drug-likeness (QED) is 0.822. The molecule has 2 heterocycles. The minimum atomic E-state index is 0.0803. The zero-order chi connectivity index (χ0) is 15.6. The lowest BCUT2D eigenvalue weighted by Crippen LogP contribution is -2.39. The van der Waals surface area contributed by atoms with E-state index in [0.29, 0.717) is 28.7 Å². The van der Waals surface area contributed by atoms with E-state index in [-0.39, 0.29) is 5.91 Å². The lowest BCUT2D eigenvalue weighted by Gasteiger charge is -2.22. The highest BCUT2D eigenvalue weighted by molar-refractivity contribution is 7.99. The monoisotopic (exact) mass is 329 g/mol. The molecule has 7 heteroatoms. The average molecular weight is 329 g/mol. The van der Waals surface area contributed by atoms with Crippen LogP contribution in [0.3, 0.4) is 0 Å². The lowest BCUT2D eigenvalue weighted by atomic mass is 9.95. The Bertz CT molecular complexity index is 689. The van der Waals surface area contributed by atoms with Gasteiger partial charge in [-0.25, -0.2) is 0 Å². The highest BCUT2D eigenvalue weighted by atomic mass is 32.2. The van der Waals surface area contributed by atoms with Gasteiger partial charge in [-0.1, -0.05) is 24.2 Å². The Balaban J connectivity index is 1.29. The van der Waals surface area contributed by atoms with Gasteiger partial charge in [0.25, 0.3) is 0 Å². The standard InChI is InChI=1S/C16H19N5OS/c22-14(18-13-8-10-4-5-11(13)7-10)9-23-16-19-15(20-21-16)12-3-1-2-6-17-12/h1-3,6,10-11,13H,4-5,7-9H2,(H,18,22)(H,19,20,21)/t10-,11-,13-/m0/s1. The van der Waals surface area contributed by atoms with E-state index in [1.54, 1.807) is 6.20 Å². The van der Waals surface area contributed by atoms with E-state index in [4.69, 9.17) is 0 Å². The zero-order valence-corrected chi connectivity index (χ0v) is 13.6. The first-order chi connectivity index (χ1) is 11.3. The molecule has 4 rings (SSSR count). The third-order valence-electron chi connectivity index (χ3n) is 4.79. The van der Waals surface area contributed by atoms with Gasteiger partial charge in [0, 0.05) is 12.2 Å². The van der Waals surface area contributed by atoms with Crippen LogP contribution in [0.15, 0.2) is 29.6 Å². The minimum absolute atomic E-state index is 0.0803. The van der Waals surface area contributed by atoms with Crippen LogP contribution in [0.5, 0.6) is 0 Å². The van der Waals surface area contributed by atoms with Crippen molar-refractivity contribution in [1.29, 1.82) is 0 Å². The van der Waals surface area contributed by atoms with Crippen molar-refractivity contribution in [1.82, 2.24) is 25.5 Å². The van der Waals surface area contributed by atoms with Crippen LogP contribution in [-0.2, 0) is 4.79 Å². The summed E-state index contributed by atoms with van der Waals surface area (Å²) in [5.41, 5.74) is 0.748. The SMILES string of the molecule is O=C(CSc1n[nH]c(-c2ccccn2)n1)N[C@H]1C[C@H]2CC[C@H]1C2. The number of amides is 1. The fourth-order valence-corrected chi connectivity index (χ4v) is 4.34. The molecule has 2 aromatic rings. The Morgan fingerprint density at radius 1 is 1.35 bits per heavy atom. The second-order valence-electron chi connectivity index (χ2n) is 6.32. The number of carbonyl (C=O) groups is 1. The Morgan fingerprint density at radius 3 is 3.04 bits per heavy atom. The highest BCUT2D eigenvalue weighted by Crippen LogP contribution is 2.44. The van der Waals surface area contributed by atoms with E-state index < -0.39 is 0 Å². The second kappa shape index (κ2) is 6.31. The van der Waals surface area contributed by atoms with E-state index in [2.05, 4.69) is 25.5 Å². The van der Waals surface area contributed by atoms with Crippen LogP contribution in [-0.4, -0.2) is 37.9 Å². The molecule has 2 aliphatic rings. The summed E-state index contributed by atoms with van der Waals surface area (Å²) in [6, 6.07) is 6.02. The maximum atomic E-state index is 12.1. The number of thioether (sulfide) groups is 1. The molecular weight excluding hydrogens is 310 g/mol. The van der Waals surface area contributed by atoms with E-state index in [1.807, 2.05) is 18.2 Å². The van der Waals surface area contributed by atoms with Gasteiger partial charge in [-0.3, -0.25) is 14.9 Å². The van der Waals surface area contributed by atoms with Crippen molar-refractivity contribution >= 4 is 17.7 Å². The Kier molecular flexibility index (Phi) is 4.03. The fourth-order valence-electron chi connectivity index (χ4n) is 3.73. The Morgan fingerprint density at radius 2 is 2.30 bits per heavy atom. The van der Waals surface area contributed by atoms with Crippen LogP contribution in [0, 0.1) is 11.8 Å². The predicted octanol–water partition coefficient (Wildman–Crippen LogP) is 2.26. The van der Waals surface area contributed by atoms with E-state index in [9.17, 15) is 4.79 Å². The first-order valence-electron chi connectivity index (χ1n) is 8.04. The molecule has 0 unspecified atom stereocenters. The number of nitrogens with zero attached hydrogens (tertiary/aromatic N) is 3. The van der Waals surface area contributed by atoms with Crippen LogP contribution in [0.25, 0.3) is 11.5 Å². The Labute approximate surface area is 138 Å². The molecule has 6 nitrogen and oxygen atoms in total. The summed E-state index contributed by atoms with van der Waals surface area (Å²) in [4.78, 5) is 20.7. The minimum Gasteiger partial charge on any atom is -0.352 e. The van der Waals surface area contributed by atoms with E-state index in [0.717, 1.165) is 18.0 Å². The molecule has 0 spiro atoms. The van der Waals surface area contributed by atoms with E-state index in [1.165, 1.54) is 31.0 Å². The summed E-state index contributed by atoms with van der Waals surface area (Å²) in [5, 5.41) is 10.8. The van der Waals surface area contributed by atoms with Gasteiger partial charge in [-0.2, -0.15) is 4.98 Å².